The molecule has 3 aromatic carbocycles. The van der Waals surface area contributed by atoms with Gasteiger partial charge in [0.15, 0.2) is 6.61 Å². The van der Waals surface area contributed by atoms with Crippen molar-refractivity contribution in [3.8, 4) is 11.5 Å². The molecule has 200 valence electrons. The Labute approximate surface area is 245 Å². The van der Waals surface area contributed by atoms with E-state index in [0.29, 0.717) is 36.7 Å². The van der Waals surface area contributed by atoms with E-state index in [0.717, 1.165) is 10.5 Å². The van der Waals surface area contributed by atoms with E-state index < -0.39 is 23.8 Å². The monoisotopic (exact) mass is 675 g/mol. The van der Waals surface area contributed by atoms with Gasteiger partial charge in [-0.25, -0.2) is 9.69 Å². The summed E-state index contributed by atoms with van der Waals surface area (Å²) in [6, 6.07) is 13.8. The number of aryl methyl sites for hydroxylation is 1. The number of benzene rings is 3. The number of barbiturate groups is 1. The quantitative estimate of drug-likeness (QED) is 0.239. The van der Waals surface area contributed by atoms with Gasteiger partial charge in [-0.15, -0.1) is 0 Å². The Kier molecular flexibility index (Phi) is 8.73. The van der Waals surface area contributed by atoms with Crippen molar-refractivity contribution in [3.63, 3.8) is 0 Å². The molecule has 0 bridgehead atoms. The van der Waals surface area contributed by atoms with Crippen molar-refractivity contribution in [2.45, 2.75) is 6.92 Å². The number of amides is 5. The van der Waals surface area contributed by atoms with Gasteiger partial charge in [0.2, 0.25) is 0 Å². The average Bonchev–Trinajstić information content (AvgIpc) is 2.88. The summed E-state index contributed by atoms with van der Waals surface area (Å²) in [7, 11) is 1.50. The molecule has 0 unspecified atom stereocenters. The molecule has 4 rings (SSSR count). The van der Waals surface area contributed by atoms with E-state index in [-0.39, 0.29) is 17.9 Å². The fourth-order valence-corrected chi connectivity index (χ4v) is 5.23. The lowest BCUT2D eigenvalue weighted by Gasteiger charge is -2.26. The van der Waals surface area contributed by atoms with Gasteiger partial charge >= 0.3 is 6.03 Å². The van der Waals surface area contributed by atoms with Crippen LogP contribution in [0.1, 0.15) is 11.1 Å². The molecule has 0 atom stereocenters. The Morgan fingerprint density at radius 2 is 1.72 bits per heavy atom. The van der Waals surface area contributed by atoms with Crippen LogP contribution in [0.2, 0.25) is 5.02 Å². The summed E-state index contributed by atoms with van der Waals surface area (Å²) in [6.45, 7) is 1.57. The summed E-state index contributed by atoms with van der Waals surface area (Å²) < 4.78 is 11.7. The number of ether oxygens (including phenoxy) is 2. The van der Waals surface area contributed by atoms with E-state index in [9.17, 15) is 19.2 Å². The molecule has 1 heterocycles. The first kappa shape index (κ1) is 28.3. The molecule has 1 saturated heterocycles. The van der Waals surface area contributed by atoms with Gasteiger partial charge in [0.25, 0.3) is 17.7 Å². The second kappa shape index (κ2) is 12.0. The number of hydrogen-bond acceptors (Lipinski definition) is 6. The first-order valence-corrected chi connectivity index (χ1v) is 13.3. The molecule has 0 saturated carbocycles. The summed E-state index contributed by atoms with van der Waals surface area (Å²) in [5, 5.41) is 5.43. The number of carbonyl (C=O) groups is 4. The number of anilines is 2. The number of nitrogens with zero attached hydrogens (tertiary/aromatic N) is 1. The average molecular weight is 678 g/mol. The number of methoxy groups -OCH3 is 1. The van der Waals surface area contributed by atoms with Crippen molar-refractivity contribution in [2.75, 3.05) is 23.9 Å². The van der Waals surface area contributed by atoms with Crippen molar-refractivity contribution in [1.29, 1.82) is 0 Å². The molecule has 0 aliphatic carbocycles. The van der Waals surface area contributed by atoms with E-state index in [4.69, 9.17) is 21.1 Å². The Hall–Kier alpha value is -3.67. The molecule has 9 nitrogen and oxygen atoms in total. The standard InChI is InChI=1S/C27H20Br2ClN3O6/c1-14-3-4-16(12-22(14)30)31-23(34)13-39-24-20(28)10-15(11-21(24)29)9-19-25(35)32-27(37)33(26(19)36)17-5-7-18(38-2)8-6-17/h3-12H,13H2,1-2H3,(H,31,34)(H,32,35,37)/b19-9+. The van der Waals surface area contributed by atoms with Gasteiger partial charge in [-0.05, 0) is 105 Å². The molecule has 1 aliphatic rings. The third kappa shape index (κ3) is 6.49. The van der Waals surface area contributed by atoms with Gasteiger partial charge in [-0.2, -0.15) is 0 Å². The maximum atomic E-state index is 13.2. The molecule has 0 radical (unpaired) electrons. The molecule has 2 N–H and O–H groups in total. The lowest BCUT2D eigenvalue weighted by atomic mass is 10.1. The van der Waals surface area contributed by atoms with E-state index in [1.165, 1.54) is 25.3 Å². The smallest absolute Gasteiger partial charge is 0.335 e. The molecular weight excluding hydrogens is 658 g/mol. The van der Waals surface area contributed by atoms with Gasteiger partial charge in [0.05, 0.1) is 21.7 Å². The predicted octanol–water partition coefficient (Wildman–Crippen LogP) is 5.87. The van der Waals surface area contributed by atoms with Crippen LogP contribution in [0, 0.1) is 6.92 Å². The van der Waals surface area contributed by atoms with Crippen LogP contribution < -0.4 is 25.0 Å². The summed E-state index contributed by atoms with van der Waals surface area (Å²) in [6.07, 6.45) is 1.35. The minimum Gasteiger partial charge on any atom is -0.497 e. The Balaban J connectivity index is 1.51. The SMILES string of the molecule is COc1ccc(N2C(=O)NC(=O)/C(=C\c3cc(Br)c(OCC(=O)Nc4ccc(C)c(Cl)c4)c(Br)c3)C2=O)cc1. The molecule has 0 aromatic heterocycles. The van der Waals surface area contributed by atoms with Crippen LogP contribution in [0.3, 0.4) is 0 Å². The summed E-state index contributed by atoms with van der Waals surface area (Å²) in [4.78, 5) is 51.4. The van der Waals surface area contributed by atoms with Crippen molar-refractivity contribution in [2.24, 2.45) is 0 Å². The second-order valence-electron chi connectivity index (χ2n) is 8.27. The van der Waals surface area contributed by atoms with Crippen LogP contribution in [-0.4, -0.2) is 37.5 Å². The maximum Gasteiger partial charge on any atom is 0.335 e. The van der Waals surface area contributed by atoms with Gasteiger partial charge < -0.3 is 14.8 Å². The summed E-state index contributed by atoms with van der Waals surface area (Å²) in [5.74, 6) is -1.12. The Morgan fingerprint density at radius 3 is 2.33 bits per heavy atom. The third-order valence-electron chi connectivity index (χ3n) is 5.57. The predicted molar refractivity (Wildman–Crippen MR) is 154 cm³/mol. The van der Waals surface area contributed by atoms with Crippen LogP contribution >= 0.6 is 43.5 Å². The number of imide groups is 2. The van der Waals surface area contributed by atoms with Gasteiger partial charge in [0.1, 0.15) is 17.1 Å². The minimum atomic E-state index is -0.857. The minimum absolute atomic E-state index is 0.242. The Bertz CT molecular complexity index is 1500. The normalized spacial score (nSPS) is 14.3. The second-order valence-corrected chi connectivity index (χ2v) is 10.4. The number of carbonyl (C=O) groups excluding carboxylic acids is 4. The number of hydrogen-bond donors (Lipinski definition) is 2. The molecular formula is C27H20Br2ClN3O6. The van der Waals surface area contributed by atoms with Crippen molar-refractivity contribution in [3.05, 3.63) is 85.3 Å². The highest BCUT2D eigenvalue weighted by Crippen LogP contribution is 2.36. The molecule has 5 amide bonds. The van der Waals surface area contributed by atoms with E-state index in [1.807, 2.05) is 6.92 Å². The van der Waals surface area contributed by atoms with Crippen LogP contribution in [0.15, 0.2) is 69.1 Å². The fraction of sp³-hybridized carbons (Fsp3) is 0.111. The fourth-order valence-electron chi connectivity index (χ4n) is 3.60. The van der Waals surface area contributed by atoms with Crippen LogP contribution in [0.25, 0.3) is 6.08 Å². The first-order valence-electron chi connectivity index (χ1n) is 11.3. The lowest BCUT2D eigenvalue weighted by molar-refractivity contribution is -0.122. The topological polar surface area (TPSA) is 114 Å². The number of urea groups is 1. The zero-order valence-corrected chi connectivity index (χ0v) is 24.4. The van der Waals surface area contributed by atoms with Gasteiger partial charge in [-0.1, -0.05) is 17.7 Å². The van der Waals surface area contributed by atoms with Gasteiger partial charge in [0, 0.05) is 10.7 Å². The number of halogens is 3. The summed E-state index contributed by atoms with van der Waals surface area (Å²) in [5.41, 5.74) is 1.92. The van der Waals surface area contributed by atoms with Crippen LogP contribution in [0.4, 0.5) is 16.2 Å². The highest BCUT2D eigenvalue weighted by atomic mass is 79.9. The molecule has 1 fully saturated rings. The highest BCUT2D eigenvalue weighted by molar-refractivity contribution is 9.11. The molecule has 39 heavy (non-hydrogen) atoms. The molecule has 0 spiro atoms. The van der Waals surface area contributed by atoms with Crippen LogP contribution in [-0.2, 0) is 14.4 Å². The lowest BCUT2D eigenvalue weighted by Crippen LogP contribution is -2.54. The van der Waals surface area contributed by atoms with Gasteiger partial charge in [-0.3, -0.25) is 19.7 Å². The first-order chi connectivity index (χ1) is 18.6. The summed E-state index contributed by atoms with van der Waals surface area (Å²) >= 11 is 12.9. The van der Waals surface area contributed by atoms with Crippen molar-refractivity contribution in [1.82, 2.24) is 5.32 Å². The van der Waals surface area contributed by atoms with Crippen molar-refractivity contribution >= 4 is 84.7 Å². The van der Waals surface area contributed by atoms with E-state index in [1.54, 1.807) is 42.5 Å². The number of rotatable bonds is 7. The zero-order valence-electron chi connectivity index (χ0n) is 20.5. The van der Waals surface area contributed by atoms with Crippen molar-refractivity contribution < 1.29 is 28.7 Å². The van der Waals surface area contributed by atoms with Crippen LogP contribution in [0.5, 0.6) is 11.5 Å². The van der Waals surface area contributed by atoms with E-state index >= 15 is 0 Å². The molecule has 3 aromatic rings. The highest BCUT2D eigenvalue weighted by Gasteiger charge is 2.36. The third-order valence-corrected chi connectivity index (χ3v) is 7.15. The zero-order chi connectivity index (χ0) is 28.3. The number of nitrogens with one attached hydrogen (secondary N) is 2. The maximum absolute atomic E-state index is 13.2. The van der Waals surface area contributed by atoms with E-state index in [2.05, 4.69) is 42.5 Å². The Morgan fingerprint density at radius 1 is 1.05 bits per heavy atom. The molecule has 1 aliphatic heterocycles. The molecule has 12 heteroatoms. The largest absolute Gasteiger partial charge is 0.497 e.